The van der Waals surface area contributed by atoms with Crippen molar-refractivity contribution in [2.75, 3.05) is 13.1 Å². The van der Waals surface area contributed by atoms with Crippen LogP contribution >= 0.6 is 0 Å². The van der Waals surface area contributed by atoms with E-state index in [2.05, 4.69) is 34.7 Å². The smallest absolute Gasteiger partial charge is 0.250 e. The van der Waals surface area contributed by atoms with Crippen LogP contribution in [0.1, 0.15) is 60.9 Å². The van der Waals surface area contributed by atoms with Crippen LogP contribution in [0.3, 0.4) is 0 Å². The van der Waals surface area contributed by atoms with Crippen molar-refractivity contribution in [3.8, 4) is 5.69 Å². The summed E-state index contributed by atoms with van der Waals surface area (Å²) in [5.41, 5.74) is 9.36. The van der Waals surface area contributed by atoms with Crippen LogP contribution in [0, 0.1) is 5.92 Å². The Kier molecular flexibility index (Phi) is 5.07. The molecule has 2 fully saturated rings. The average Bonchev–Trinajstić information content (AvgIpc) is 3.24. The van der Waals surface area contributed by atoms with E-state index in [1.54, 1.807) is 6.07 Å². The van der Waals surface area contributed by atoms with Crippen molar-refractivity contribution in [3.05, 3.63) is 59.8 Å². The van der Waals surface area contributed by atoms with Crippen LogP contribution in [0.5, 0.6) is 0 Å². The quantitative estimate of drug-likeness (QED) is 0.682. The Balaban J connectivity index is 1.49. The monoisotopic (exact) mass is 402 g/mol. The molecule has 2 aromatic carbocycles. The van der Waals surface area contributed by atoms with E-state index >= 15 is 0 Å². The molecule has 5 rings (SSSR count). The molecule has 0 unspecified atom stereocenters. The molecule has 1 atom stereocenters. The molecule has 0 radical (unpaired) electrons. The third kappa shape index (κ3) is 3.31. The number of fused-ring (bicyclic) bond motifs is 1. The minimum absolute atomic E-state index is 0.255. The molecule has 3 aromatic rings. The van der Waals surface area contributed by atoms with Gasteiger partial charge in [0.1, 0.15) is 5.52 Å². The highest BCUT2D eigenvalue weighted by molar-refractivity contribution is 6.04. The van der Waals surface area contributed by atoms with E-state index in [9.17, 15) is 4.79 Å². The Bertz CT molecular complexity index is 1040. The number of amides is 1. The second kappa shape index (κ2) is 7.88. The minimum Gasteiger partial charge on any atom is -0.366 e. The second-order valence-electron chi connectivity index (χ2n) is 9.00. The van der Waals surface area contributed by atoms with Crippen LogP contribution in [0.25, 0.3) is 16.6 Å². The molecule has 1 amide bonds. The summed E-state index contributed by atoms with van der Waals surface area (Å²) in [6, 6.07) is 14.5. The molecular formula is C25H30N4O. The minimum atomic E-state index is -0.444. The largest absolute Gasteiger partial charge is 0.366 e. The van der Waals surface area contributed by atoms with Crippen molar-refractivity contribution in [1.29, 1.82) is 0 Å². The van der Waals surface area contributed by atoms with Crippen LogP contribution in [-0.4, -0.2) is 28.8 Å². The lowest BCUT2D eigenvalue weighted by Gasteiger charge is -2.46. The number of hydrogen-bond donors (Lipinski definition) is 2. The predicted octanol–water partition coefficient (Wildman–Crippen LogP) is 4.33. The van der Waals surface area contributed by atoms with E-state index in [1.165, 1.54) is 50.5 Å². The first-order valence-electron chi connectivity index (χ1n) is 11.3. The number of nitrogens with two attached hydrogens (primary N) is 1. The van der Waals surface area contributed by atoms with Gasteiger partial charge in [0.2, 0.25) is 0 Å². The van der Waals surface area contributed by atoms with Crippen LogP contribution in [0.4, 0.5) is 0 Å². The van der Waals surface area contributed by atoms with Crippen molar-refractivity contribution in [1.82, 2.24) is 15.1 Å². The zero-order valence-corrected chi connectivity index (χ0v) is 17.4. The number of piperidine rings is 1. The molecule has 1 saturated carbocycles. The molecule has 30 heavy (non-hydrogen) atoms. The molecule has 5 heteroatoms. The number of nitrogens with zero attached hydrogens (tertiary/aromatic N) is 2. The molecule has 2 aliphatic rings. The third-order valence-electron chi connectivity index (χ3n) is 7.31. The molecule has 1 aromatic heterocycles. The molecule has 0 spiro atoms. The lowest BCUT2D eigenvalue weighted by atomic mass is 9.62. The molecule has 1 aliphatic carbocycles. The van der Waals surface area contributed by atoms with Crippen molar-refractivity contribution >= 4 is 16.8 Å². The Hall–Kier alpha value is -2.66. The number of nitrogens with one attached hydrogen (secondary N) is 1. The van der Waals surface area contributed by atoms with Gasteiger partial charge in [0.25, 0.3) is 5.91 Å². The first-order chi connectivity index (χ1) is 14.7. The maximum atomic E-state index is 11.7. The standard InChI is InChI=1S/C25H30N4O/c26-24(30)22-9-4-6-18-16-29(28-23(18)22)21-12-10-20(11-13-21)25(14-5-15-27-17-25)19-7-2-1-3-8-19/h4,6,9-13,16,19,27H,1-3,5,7-8,14-15,17H2,(H2,26,30)/t25-/m1/s1. The van der Waals surface area contributed by atoms with Gasteiger partial charge in [0.05, 0.1) is 11.3 Å². The average molecular weight is 403 g/mol. The Morgan fingerprint density at radius 2 is 1.87 bits per heavy atom. The molecule has 1 aliphatic heterocycles. The first-order valence-corrected chi connectivity index (χ1v) is 11.3. The van der Waals surface area contributed by atoms with Gasteiger partial charge in [-0.2, -0.15) is 5.10 Å². The molecular weight excluding hydrogens is 372 g/mol. The Morgan fingerprint density at radius 1 is 1.07 bits per heavy atom. The van der Waals surface area contributed by atoms with Crippen molar-refractivity contribution in [2.45, 2.75) is 50.4 Å². The molecule has 2 heterocycles. The molecule has 0 bridgehead atoms. The molecule has 156 valence electrons. The van der Waals surface area contributed by atoms with Crippen LogP contribution in [0.2, 0.25) is 0 Å². The number of carbonyl (C=O) groups is 1. The van der Waals surface area contributed by atoms with E-state index < -0.39 is 5.91 Å². The van der Waals surface area contributed by atoms with Gasteiger partial charge < -0.3 is 11.1 Å². The number of carbonyl (C=O) groups excluding carboxylic acids is 1. The highest BCUT2D eigenvalue weighted by Gasteiger charge is 2.41. The zero-order chi connectivity index (χ0) is 20.6. The summed E-state index contributed by atoms with van der Waals surface area (Å²) in [4.78, 5) is 11.7. The first kappa shape index (κ1) is 19.3. The van der Waals surface area contributed by atoms with E-state index in [1.807, 2.05) is 23.0 Å². The van der Waals surface area contributed by atoms with Gasteiger partial charge >= 0.3 is 0 Å². The SMILES string of the molecule is NC(=O)c1cccc2cn(-c3ccc([C@]4(C5CCCCC5)CCCNC4)cc3)nc12. The van der Waals surface area contributed by atoms with Crippen LogP contribution in [0.15, 0.2) is 48.7 Å². The summed E-state index contributed by atoms with van der Waals surface area (Å²) in [5.74, 6) is 0.329. The summed E-state index contributed by atoms with van der Waals surface area (Å²) in [6.07, 6.45) is 11.3. The van der Waals surface area contributed by atoms with Crippen LogP contribution in [-0.2, 0) is 5.41 Å². The van der Waals surface area contributed by atoms with Gasteiger partial charge in [0.15, 0.2) is 0 Å². The topological polar surface area (TPSA) is 72.9 Å². The fourth-order valence-electron chi connectivity index (χ4n) is 5.74. The molecule has 1 saturated heterocycles. The van der Waals surface area contributed by atoms with Gasteiger partial charge in [-0.25, -0.2) is 4.68 Å². The Labute approximate surface area is 177 Å². The highest BCUT2D eigenvalue weighted by Crippen LogP contribution is 2.45. The van der Waals surface area contributed by atoms with Crippen molar-refractivity contribution in [2.24, 2.45) is 11.7 Å². The highest BCUT2D eigenvalue weighted by atomic mass is 16.1. The second-order valence-corrected chi connectivity index (χ2v) is 9.00. The third-order valence-corrected chi connectivity index (χ3v) is 7.31. The Morgan fingerprint density at radius 3 is 2.57 bits per heavy atom. The summed E-state index contributed by atoms with van der Waals surface area (Å²) in [5, 5.41) is 9.27. The van der Waals surface area contributed by atoms with E-state index in [0.29, 0.717) is 11.1 Å². The van der Waals surface area contributed by atoms with E-state index in [4.69, 9.17) is 5.73 Å². The fraction of sp³-hybridized carbons (Fsp3) is 0.440. The van der Waals surface area contributed by atoms with Gasteiger partial charge in [-0.1, -0.05) is 43.5 Å². The normalized spacial score (nSPS) is 22.9. The van der Waals surface area contributed by atoms with Crippen molar-refractivity contribution in [3.63, 3.8) is 0 Å². The van der Waals surface area contributed by atoms with E-state index in [0.717, 1.165) is 30.1 Å². The van der Waals surface area contributed by atoms with Crippen molar-refractivity contribution < 1.29 is 4.79 Å². The lowest BCUT2D eigenvalue weighted by molar-refractivity contribution is 0.100. The fourth-order valence-corrected chi connectivity index (χ4v) is 5.74. The predicted molar refractivity (Wildman–Crippen MR) is 120 cm³/mol. The van der Waals surface area contributed by atoms with Gasteiger partial charge in [-0.15, -0.1) is 0 Å². The number of rotatable bonds is 4. The van der Waals surface area contributed by atoms with E-state index in [-0.39, 0.29) is 5.41 Å². The molecule has 5 nitrogen and oxygen atoms in total. The summed E-state index contributed by atoms with van der Waals surface area (Å²) in [7, 11) is 0. The van der Waals surface area contributed by atoms with Gasteiger partial charge in [-0.3, -0.25) is 4.79 Å². The molecule has 3 N–H and O–H groups in total. The lowest BCUT2D eigenvalue weighted by Crippen LogP contribution is -2.49. The van der Waals surface area contributed by atoms with Gasteiger partial charge in [-0.05, 0) is 61.9 Å². The number of aromatic nitrogens is 2. The van der Waals surface area contributed by atoms with Crippen LogP contribution < -0.4 is 11.1 Å². The summed E-state index contributed by atoms with van der Waals surface area (Å²) >= 11 is 0. The maximum Gasteiger partial charge on any atom is 0.250 e. The summed E-state index contributed by atoms with van der Waals surface area (Å²) in [6.45, 7) is 2.22. The zero-order valence-electron chi connectivity index (χ0n) is 17.4. The van der Waals surface area contributed by atoms with Gasteiger partial charge in [0, 0.05) is 23.5 Å². The number of hydrogen-bond acceptors (Lipinski definition) is 3. The number of primary amides is 1. The maximum absolute atomic E-state index is 11.7. The number of benzene rings is 2. The summed E-state index contributed by atoms with van der Waals surface area (Å²) < 4.78 is 1.85.